The van der Waals surface area contributed by atoms with Crippen LogP contribution in [0.25, 0.3) is 0 Å². The van der Waals surface area contributed by atoms with E-state index in [0.717, 1.165) is 5.56 Å². The maximum Gasteiger partial charge on any atom is 0.181 e. The number of ether oxygens (including phenoxy) is 1. The highest BCUT2D eigenvalue weighted by Gasteiger charge is 2.15. The van der Waals surface area contributed by atoms with Crippen molar-refractivity contribution in [2.45, 2.75) is 11.4 Å². The number of benzene rings is 2. The lowest BCUT2D eigenvalue weighted by Gasteiger charge is -2.08. The Morgan fingerprint density at radius 1 is 1.05 bits per heavy atom. The van der Waals surface area contributed by atoms with Gasteiger partial charge in [0.15, 0.2) is 21.4 Å². The first-order valence-corrected chi connectivity index (χ1v) is 8.07. The second-order valence-electron chi connectivity index (χ2n) is 4.45. The van der Waals surface area contributed by atoms with E-state index in [1.54, 1.807) is 18.2 Å². The number of rotatable bonds is 6. The van der Waals surface area contributed by atoms with E-state index >= 15 is 0 Å². The van der Waals surface area contributed by atoms with Crippen LogP contribution in [0, 0.1) is 5.82 Å². The molecule has 2 rings (SSSR count). The van der Waals surface area contributed by atoms with Crippen molar-refractivity contribution in [3.8, 4) is 5.75 Å². The Hall–Kier alpha value is -1.92. The van der Waals surface area contributed by atoms with E-state index in [0.29, 0.717) is 6.54 Å². The average molecular weight is 309 g/mol. The van der Waals surface area contributed by atoms with Gasteiger partial charge in [-0.2, -0.15) is 0 Å². The van der Waals surface area contributed by atoms with E-state index in [-0.39, 0.29) is 23.0 Å². The third kappa shape index (κ3) is 4.03. The Balaban J connectivity index is 1.99. The monoisotopic (exact) mass is 309 g/mol. The van der Waals surface area contributed by atoms with Gasteiger partial charge in [0, 0.05) is 6.54 Å². The molecule has 0 fully saturated rings. The Labute approximate surface area is 123 Å². The first kappa shape index (κ1) is 15.5. The van der Waals surface area contributed by atoms with E-state index < -0.39 is 15.7 Å². The van der Waals surface area contributed by atoms with Gasteiger partial charge in [0.05, 0.1) is 10.6 Å². The zero-order valence-corrected chi connectivity index (χ0v) is 12.1. The zero-order valence-electron chi connectivity index (χ0n) is 11.3. The standard InChI is InChI=1S/C15H16FNO3S/c16-14-3-1-2-4-15(14)20-9-10-21(18,19)13-7-5-12(11-17)6-8-13/h1-8H,9-11,17H2. The molecule has 0 unspecified atom stereocenters. The van der Waals surface area contributed by atoms with Crippen LogP contribution in [0.1, 0.15) is 5.56 Å². The van der Waals surface area contributed by atoms with E-state index in [1.807, 2.05) is 0 Å². The highest BCUT2D eigenvalue weighted by molar-refractivity contribution is 7.91. The predicted octanol–water partition coefficient (Wildman–Crippen LogP) is 2.14. The molecule has 0 aromatic heterocycles. The van der Waals surface area contributed by atoms with Crippen LogP contribution < -0.4 is 10.5 Å². The zero-order chi connectivity index (χ0) is 15.3. The van der Waals surface area contributed by atoms with Gasteiger partial charge in [-0.05, 0) is 29.8 Å². The van der Waals surface area contributed by atoms with Gasteiger partial charge in [-0.15, -0.1) is 0 Å². The lowest BCUT2D eigenvalue weighted by Crippen LogP contribution is -2.14. The van der Waals surface area contributed by atoms with Crippen molar-refractivity contribution >= 4 is 9.84 Å². The fourth-order valence-corrected chi connectivity index (χ4v) is 2.86. The molecule has 0 atom stereocenters. The Kier molecular flexibility index (Phi) is 4.93. The smallest absolute Gasteiger partial charge is 0.181 e. The summed E-state index contributed by atoms with van der Waals surface area (Å²) >= 11 is 0. The number of para-hydroxylation sites is 1. The fourth-order valence-electron chi connectivity index (χ4n) is 1.77. The van der Waals surface area contributed by atoms with Crippen molar-refractivity contribution in [2.24, 2.45) is 5.73 Å². The molecule has 0 aliphatic rings. The van der Waals surface area contributed by atoms with Gasteiger partial charge in [-0.3, -0.25) is 0 Å². The van der Waals surface area contributed by atoms with Gasteiger partial charge in [-0.25, -0.2) is 12.8 Å². The van der Waals surface area contributed by atoms with Crippen molar-refractivity contribution in [1.29, 1.82) is 0 Å². The lowest BCUT2D eigenvalue weighted by molar-refractivity contribution is 0.322. The Morgan fingerprint density at radius 2 is 1.71 bits per heavy atom. The van der Waals surface area contributed by atoms with Crippen molar-refractivity contribution in [1.82, 2.24) is 0 Å². The number of nitrogens with two attached hydrogens (primary N) is 1. The number of hydrogen-bond acceptors (Lipinski definition) is 4. The molecule has 112 valence electrons. The Bertz CT molecular complexity index is 699. The molecular weight excluding hydrogens is 293 g/mol. The summed E-state index contributed by atoms with van der Waals surface area (Å²) < 4.78 is 42.7. The molecule has 0 bridgehead atoms. The molecule has 0 amide bonds. The SMILES string of the molecule is NCc1ccc(S(=O)(=O)CCOc2ccccc2F)cc1. The van der Waals surface area contributed by atoms with Gasteiger partial charge in [0.2, 0.25) is 0 Å². The highest BCUT2D eigenvalue weighted by atomic mass is 32.2. The van der Waals surface area contributed by atoms with Crippen LogP contribution >= 0.6 is 0 Å². The number of hydrogen-bond donors (Lipinski definition) is 1. The molecule has 0 spiro atoms. The quantitative estimate of drug-likeness (QED) is 0.887. The van der Waals surface area contributed by atoms with Crippen LogP contribution in [0.4, 0.5) is 4.39 Å². The molecular formula is C15H16FNO3S. The topological polar surface area (TPSA) is 69.4 Å². The minimum absolute atomic E-state index is 0.0474. The predicted molar refractivity (Wildman–Crippen MR) is 78.3 cm³/mol. The molecule has 0 aliphatic heterocycles. The summed E-state index contributed by atoms with van der Waals surface area (Å²) in [6.07, 6.45) is 0. The summed E-state index contributed by atoms with van der Waals surface area (Å²) in [5, 5.41) is 0. The molecule has 0 saturated heterocycles. The van der Waals surface area contributed by atoms with Crippen molar-refractivity contribution < 1.29 is 17.5 Å². The summed E-state index contributed by atoms with van der Waals surface area (Å²) in [7, 11) is -3.46. The summed E-state index contributed by atoms with van der Waals surface area (Å²) in [6.45, 7) is 0.249. The van der Waals surface area contributed by atoms with E-state index in [2.05, 4.69) is 0 Å². The van der Waals surface area contributed by atoms with Gasteiger partial charge >= 0.3 is 0 Å². The second kappa shape index (κ2) is 6.69. The third-order valence-electron chi connectivity index (χ3n) is 2.96. The molecule has 2 aromatic rings. The molecule has 0 aliphatic carbocycles. The van der Waals surface area contributed by atoms with E-state index in [9.17, 15) is 12.8 Å². The molecule has 2 N–H and O–H groups in total. The Morgan fingerprint density at radius 3 is 2.33 bits per heavy atom. The minimum atomic E-state index is -3.46. The average Bonchev–Trinajstić information content (AvgIpc) is 2.49. The summed E-state index contributed by atoms with van der Waals surface area (Å²) in [5.74, 6) is -0.683. The van der Waals surface area contributed by atoms with E-state index in [1.165, 1.54) is 30.3 Å². The second-order valence-corrected chi connectivity index (χ2v) is 6.55. The van der Waals surface area contributed by atoms with Gasteiger partial charge in [0.25, 0.3) is 0 Å². The minimum Gasteiger partial charge on any atom is -0.489 e. The van der Waals surface area contributed by atoms with Crippen LogP contribution in [0.5, 0.6) is 5.75 Å². The lowest BCUT2D eigenvalue weighted by atomic mass is 10.2. The maximum atomic E-state index is 13.3. The summed E-state index contributed by atoms with van der Waals surface area (Å²) in [6, 6.07) is 12.3. The third-order valence-corrected chi connectivity index (χ3v) is 4.66. The molecule has 0 heterocycles. The molecule has 2 aromatic carbocycles. The number of sulfone groups is 1. The first-order valence-electron chi connectivity index (χ1n) is 6.42. The molecule has 0 saturated carbocycles. The van der Waals surface area contributed by atoms with Crippen LogP contribution in [0.3, 0.4) is 0 Å². The normalized spacial score (nSPS) is 11.3. The van der Waals surface area contributed by atoms with Crippen molar-refractivity contribution in [2.75, 3.05) is 12.4 Å². The molecule has 6 heteroatoms. The highest BCUT2D eigenvalue weighted by Crippen LogP contribution is 2.16. The largest absolute Gasteiger partial charge is 0.489 e. The molecule has 4 nitrogen and oxygen atoms in total. The van der Waals surface area contributed by atoms with Crippen LogP contribution in [0.2, 0.25) is 0 Å². The van der Waals surface area contributed by atoms with Crippen LogP contribution in [0.15, 0.2) is 53.4 Å². The van der Waals surface area contributed by atoms with Crippen molar-refractivity contribution in [3.05, 3.63) is 59.9 Å². The van der Waals surface area contributed by atoms with Gasteiger partial charge < -0.3 is 10.5 Å². The van der Waals surface area contributed by atoms with Crippen molar-refractivity contribution in [3.63, 3.8) is 0 Å². The number of halogens is 1. The van der Waals surface area contributed by atoms with Crippen LogP contribution in [-0.2, 0) is 16.4 Å². The van der Waals surface area contributed by atoms with E-state index in [4.69, 9.17) is 10.5 Å². The first-order chi connectivity index (χ1) is 10.0. The van der Waals surface area contributed by atoms with Gasteiger partial charge in [0.1, 0.15) is 6.61 Å². The van der Waals surface area contributed by atoms with Gasteiger partial charge in [-0.1, -0.05) is 24.3 Å². The summed E-state index contributed by atoms with van der Waals surface area (Å²) in [4.78, 5) is 0.205. The fraction of sp³-hybridized carbons (Fsp3) is 0.200. The molecule has 0 radical (unpaired) electrons. The maximum absolute atomic E-state index is 13.3. The summed E-state index contributed by atoms with van der Waals surface area (Å²) in [5.41, 5.74) is 6.32. The van der Waals surface area contributed by atoms with Crippen LogP contribution in [-0.4, -0.2) is 20.8 Å². The molecule has 21 heavy (non-hydrogen) atoms.